The van der Waals surface area contributed by atoms with Crippen LogP contribution in [-0.2, 0) is 21.2 Å². The Labute approximate surface area is 149 Å². The molecule has 2 aromatic rings. The first-order valence-electron chi connectivity index (χ1n) is 7.15. The van der Waals surface area contributed by atoms with Gasteiger partial charge < -0.3 is 14.7 Å². The van der Waals surface area contributed by atoms with Crippen LogP contribution in [0.1, 0.15) is 15.2 Å². The Balaban J connectivity index is 2.01. The smallest absolute Gasteiger partial charge is 0.341 e. The number of carboxylic acids is 1. The summed E-state index contributed by atoms with van der Waals surface area (Å²) >= 11 is 0.944. The number of carbonyl (C=O) groups excluding carboxylic acids is 1. The number of hydrogen-bond donors (Lipinski definition) is 1. The molecule has 0 spiro atoms. The molecule has 1 heterocycles. The average molecular weight is 383 g/mol. The molecule has 0 radical (unpaired) electrons. The maximum Gasteiger partial charge on any atom is 0.341 e. The molecule has 0 saturated carbocycles. The number of sulfone groups is 1. The van der Waals surface area contributed by atoms with Gasteiger partial charge in [-0.1, -0.05) is 12.1 Å². The predicted molar refractivity (Wildman–Crippen MR) is 92.8 cm³/mol. The molecule has 0 aliphatic carbocycles. The van der Waals surface area contributed by atoms with Crippen molar-refractivity contribution in [3.8, 4) is 5.75 Å². The van der Waals surface area contributed by atoms with Gasteiger partial charge in [0, 0.05) is 19.8 Å². The van der Waals surface area contributed by atoms with Crippen molar-refractivity contribution in [2.24, 2.45) is 0 Å². The molecule has 9 heteroatoms. The van der Waals surface area contributed by atoms with Crippen molar-refractivity contribution in [3.05, 3.63) is 46.8 Å². The van der Waals surface area contributed by atoms with Gasteiger partial charge in [0.15, 0.2) is 16.4 Å². The van der Waals surface area contributed by atoms with Gasteiger partial charge in [0.1, 0.15) is 9.96 Å². The zero-order valence-electron chi connectivity index (χ0n) is 13.6. The van der Waals surface area contributed by atoms with Crippen LogP contribution in [0.25, 0.3) is 0 Å². The molecule has 1 aromatic heterocycles. The van der Waals surface area contributed by atoms with Crippen LogP contribution in [0.3, 0.4) is 0 Å². The summed E-state index contributed by atoms with van der Waals surface area (Å²) in [5.41, 5.74) is 0.832. The van der Waals surface area contributed by atoms with E-state index in [-0.39, 0.29) is 10.1 Å². The molecule has 25 heavy (non-hydrogen) atoms. The van der Waals surface area contributed by atoms with E-state index in [2.05, 4.69) is 0 Å². The van der Waals surface area contributed by atoms with Crippen LogP contribution >= 0.6 is 11.3 Å². The molecule has 1 amide bonds. The van der Waals surface area contributed by atoms with E-state index in [0.29, 0.717) is 17.2 Å². The van der Waals surface area contributed by atoms with Crippen LogP contribution in [0.15, 0.2) is 40.6 Å². The lowest BCUT2D eigenvalue weighted by atomic mass is 10.2. The quantitative estimate of drug-likeness (QED) is 0.783. The highest BCUT2D eigenvalue weighted by atomic mass is 32.2. The summed E-state index contributed by atoms with van der Waals surface area (Å²) in [5, 5.41) is 8.56. The second kappa shape index (κ2) is 7.66. The molecule has 0 bridgehead atoms. The third-order valence-electron chi connectivity index (χ3n) is 3.21. The molecule has 0 fully saturated rings. The summed E-state index contributed by atoms with van der Waals surface area (Å²) in [5.74, 6) is -0.902. The van der Waals surface area contributed by atoms with E-state index >= 15 is 0 Å². The first kappa shape index (κ1) is 18.9. The standard InChI is InChI=1S/C16H17NO6S2/c1-17(16(20)13-7-8-15(24-13)25(2,21)22)9-11-3-5-12(6-4-11)23-10-14(18)19/h3-8H,9-10H2,1-2H3,(H,18,19). The Morgan fingerprint density at radius 3 is 2.32 bits per heavy atom. The van der Waals surface area contributed by atoms with Crippen molar-refractivity contribution in [1.82, 2.24) is 4.90 Å². The Bertz CT molecular complexity index is 870. The van der Waals surface area contributed by atoms with E-state index in [9.17, 15) is 18.0 Å². The second-order valence-electron chi connectivity index (χ2n) is 5.38. The molecule has 7 nitrogen and oxygen atoms in total. The fraction of sp³-hybridized carbons (Fsp3) is 0.250. The molecule has 0 unspecified atom stereocenters. The fourth-order valence-corrected chi connectivity index (χ4v) is 3.93. The topological polar surface area (TPSA) is 101 Å². The van der Waals surface area contributed by atoms with Crippen molar-refractivity contribution in [2.45, 2.75) is 10.8 Å². The van der Waals surface area contributed by atoms with E-state index in [1.807, 2.05) is 0 Å². The number of nitrogens with zero attached hydrogens (tertiary/aromatic N) is 1. The molecule has 0 saturated heterocycles. The number of amides is 1. The number of thiophene rings is 1. The Kier molecular flexibility index (Phi) is 5.81. The minimum atomic E-state index is -3.32. The van der Waals surface area contributed by atoms with Crippen LogP contribution in [0.4, 0.5) is 0 Å². The zero-order chi connectivity index (χ0) is 18.6. The molecule has 0 aliphatic rings. The molecule has 2 rings (SSSR count). The maximum absolute atomic E-state index is 12.4. The molecular formula is C16H17NO6S2. The fourth-order valence-electron chi connectivity index (χ4n) is 2.00. The monoisotopic (exact) mass is 383 g/mol. The summed E-state index contributed by atoms with van der Waals surface area (Å²) in [6.07, 6.45) is 1.10. The van der Waals surface area contributed by atoms with Crippen LogP contribution in [0.5, 0.6) is 5.75 Å². The Morgan fingerprint density at radius 1 is 1.16 bits per heavy atom. The lowest BCUT2D eigenvalue weighted by molar-refractivity contribution is -0.139. The lowest BCUT2D eigenvalue weighted by Gasteiger charge is -2.16. The second-order valence-corrected chi connectivity index (χ2v) is 8.70. The number of rotatable bonds is 7. The van der Waals surface area contributed by atoms with Gasteiger partial charge in [-0.15, -0.1) is 11.3 Å². The lowest BCUT2D eigenvalue weighted by Crippen LogP contribution is -2.25. The molecular weight excluding hydrogens is 366 g/mol. The van der Waals surface area contributed by atoms with Crippen molar-refractivity contribution < 1.29 is 27.9 Å². The van der Waals surface area contributed by atoms with Crippen molar-refractivity contribution in [2.75, 3.05) is 19.9 Å². The van der Waals surface area contributed by atoms with Crippen LogP contribution in [0.2, 0.25) is 0 Å². The van der Waals surface area contributed by atoms with Crippen LogP contribution in [0, 0.1) is 0 Å². The van der Waals surface area contributed by atoms with E-state index in [0.717, 1.165) is 23.2 Å². The minimum absolute atomic E-state index is 0.157. The van der Waals surface area contributed by atoms with E-state index < -0.39 is 22.4 Å². The zero-order valence-corrected chi connectivity index (χ0v) is 15.3. The predicted octanol–water partition coefficient (Wildman–Crippen LogP) is 1.89. The van der Waals surface area contributed by atoms with E-state index in [1.165, 1.54) is 17.0 Å². The van der Waals surface area contributed by atoms with Gasteiger partial charge in [-0.2, -0.15) is 0 Å². The SMILES string of the molecule is CN(Cc1ccc(OCC(=O)O)cc1)C(=O)c1ccc(S(C)(=O)=O)s1. The summed E-state index contributed by atoms with van der Waals surface area (Å²) in [6.45, 7) is -0.0943. The van der Waals surface area contributed by atoms with Crippen molar-refractivity contribution in [3.63, 3.8) is 0 Å². The highest BCUT2D eigenvalue weighted by Gasteiger charge is 2.18. The molecule has 1 N–H and O–H groups in total. The number of carbonyl (C=O) groups is 2. The van der Waals surface area contributed by atoms with Crippen LogP contribution in [-0.4, -0.2) is 50.2 Å². The summed E-state index contributed by atoms with van der Waals surface area (Å²) in [4.78, 5) is 24.7. The number of hydrogen-bond acceptors (Lipinski definition) is 6. The number of ether oxygens (including phenoxy) is 1. The summed E-state index contributed by atoms with van der Waals surface area (Å²) in [6, 6.07) is 9.65. The van der Waals surface area contributed by atoms with E-state index in [4.69, 9.17) is 9.84 Å². The molecule has 1 aromatic carbocycles. The largest absolute Gasteiger partial charge is 0.482 e. The highest BCUT2D eigenvalue weighted by Crippen LogP contribution is 2.23. The molecule has 134 valence electrons. The first-order chi connectivity index (χ1) is 11.7. The average Bonchev–Trinajstić information content (AvgIpc) is 3.03. The maximum atomic E-state index is 12.4. The van der Waals surface area contributed by atoms with Crippen LogP contribution < -0.4 is 4.74 Å². The summed E-state index contributed by atoms with van der Waals surface area (Å²) in [7, 11) is -1.70. The number of aliphatic carboxylic acids is 1. The van der Waals surface area contributed by atoms with Gasteiger partial charge in [-0.25, -0.2) is 13.2 Å². The van der Waals surface area contributed by atoms with Gasteiger partial charge in [0.05, 0.1) is 4.88 Å². The third-order valence-corrected chi connectivity index (χ3v) is 6.10. The van der Waals surface area contributed by atoms with Gasteiger partial charge in [0.2, 0.25) is 0 Å². The summed E-state index contributed by atoms with van der Waals surface area (Å²) < 4.78 is 28.2. The minimum Gasteiger partial charge on any atom is -0.482 e. The molecule has 0 aliphatic heterocycles. The van der Waals surface area contributed by atoms with Gasteiger partial charge in [0.25, 0.3) is 5.91 Å². The highest BCUT2D eigenvalue weighted by molar-refractivity contribution is 7.92. The number of benzene rings is 1. The number of carboxylic acid groups (broad SMARTS) is 1. The first-order valence-corrected chi connectivity index (χ1v) is 9.86. The third kappa shape index (κ3) is 5.30. The normalized spacial score (nSPS) is 11.1. The van der Waals surface area contributed by atoms with Gasteiger partial charge >= 0.3 is 5.97 Å². The van der Waals surface area contributed by atoms with Crippen molar-refractivity contribution in [1.29, 1.82) is 0 Å². The van der Waals surface area contributed by atoms with Gasteiger partial charge in [-0.05, 0) is 29.8 Å². The Hall–Kier alpha value is -2.39. The Morgan fingerprint density at radius 2 is 1.80 bits per heavy atom. The van der Waals surface area contributed by atoms with E-state index in [1.54, 1.807) is 31.3 Å². The van der Waals surface area contributed by atoms with Crippen molar-refractivity contribution >= 4 is 33.1 Å². The van der Waals surface area contributed by atoms with Gasteiger partial charge in [-0.3, -0.25) is 4.79 Å². The molecule has 0 atom stereocenters.